The topological polar surface area (TPSA) is 135 Å². The molecule has 0 spiro atoms. The zero-order valence-electron chi connectivity index (χ0n) is 26.9. The van der Waals surface area contributed by atoms with Crippen LogP contribution in [-0.2, 0) is 38.1 Å². The molecule has 3 heterocycles. The monoisotopic (exact) mass is 629 g/mol. The molecule has 3 aliphatic heterocycles. The largest absolute Gasteiger partial charge is 0.458 e. The first-order chi connectivity index (χ1) is 21.5. The van der Waals surface area contributed by atoms with Crippen LogP contribution in [-0.4, -0.2) is 141 Å². The maximum Gasteiger partial charge on any atom is 0.336 e. The normalized spacial score (nSPS) is 38.6. The summed E-state index contributed by atoms with van der Waals surface area (Å²) in [5, 5.41) is 11.0. The third-order valence-corrected chi connectivity index (χ3v) is 11.4. The molecule has 1 saturated carbocycles. The summed E-state index contributed by atoms with van der Waals surface area (Å²) in [5.41, 5.74) is -0.913. The number of carbonyl (C=O) groups is 4. The summed E-state index contributed by atoms with van der Waals surface area (Å²) in [7, 11) is 1.50. The zero-order chi connectivity index (χ0) is 32.1. The first-order valence-corrected chi connectivity index (χ1v) is 16.4. The molecule has 1 N–H and O–H groups in total. The van der Waals surface area contributed by atoms with Crippen molar-refractivity contribution in [3.63, 3.8) is 0 Å². The first-order valence-electron chi connectivity index (χ1n) is 16.4. The smallest absolute Gasteiger partial charge is 0.336 e. The number of cyclic esters (lactones) is 1. The van der Waals surface area contributed by atoms with Gasteiger partial charge in [-0.15, -0.1) is 0 Å². The quantitative estimate of drug-likeness (QED) is 0.240. The van der Waals surface area contributed by atoms with E-state index in [9.17, 15) is 24.3 Å². The van der Waals surface area contributed by atoms with Crippen LogP contribution in [0.5, 0.6) is 0 Å². The van der Waals surface area contributed by atoms with Crippen molar-refractivity contribution in [3.8, 4) is 0 Å². The van der Waals surface area contributed by atoms with Gasteiger partial charge in [0, 0.05) is 89.0 Å². The van der Waals surface area contributed by atoms with Crippen LogP contribution in [0.1, 0.15) is 40.0 Å². The average Bonchev–Trinajstić information content (AvgIpc) is 3.31. The number of rotatable bonds is 7. The summed E-state index contributed by atoms with van der Waals surface area (Å²) in [4.78, 5) is 61.3. The summed E-state index contributed by atoms with van der Waals surface area (Å²) in [5.74, 6) is -3.96. The number of aliphatic hydroxyl groups is 1. The van der Waals surface area contributed by atoms with Gasteiger partial charge in [-0.05, 0) is 30.8 Å². The lowest BCUT2D eigenvalue weighted by atomic mass is 9.50. The lowest BCUT2D eigenvalue weighted by Crippen LogP contribution is -2.63. The number of fused-ring (bicyclic) bond motifs is 4. The number of carbonyl (C=O) groups excluding carboxylic acids is 4. The second-order valence-corrected chi connectivity index (χ2v) is 14.0. The van der Waals surface area contributed by atoms with Crippen LogP contribution in [0.25, 0.3) is 0 Å². The van der Waals surface area contributed by atoms with E-state index in [-0.39, 0.29) is 18.1 Å². The Kier molecular flexibility index (Phi) is 8.99. The maximum absolute atomic E-state index is 14.3. The SMILES string of the molecule is COCC1OC(=O)C(=CN2CCN(CCN3CCOCC3)CC2)C2C(=O)C(=O)C3=C(C(OC(C)=O)CC4(C)C(O)CCC34)C12C. The molecule has 0 aromatic rings. The van der Waals surface area contributed by atoms with Crippen molar-refractivity contribution in [2.24, 2.45) is 22.7 Å². The minimum absolute atomic E-state index is 0.00341. The number of morpholine rings is 1. The van der Waals surface area contributed by atoms with Crippen LogP contribution in [0.15, 0.2) is 22.9 Å². The van der Waals surface area contributed by atoms with Crippen LogP contribution in [0.4, 0.5) is 0 Å². The van der Waals surface area contributed by atoms with Gasteiger partial charge in [0.05, 0.1) is 37.4 Å². The van der Waals surface area contributed by atoms with Gasteiger partial charge in [-0.2, -0.15) is 0 Å². The number of ketones is 2. The van der Waals surface area contributed by atoms with Gasteiger partial charge < -0.3 is 29.0 Å². The predicted octanol–water partition coefficient (Wildman–Crippen LogP) is 0.575. The molecule has 7 unspecified atom stereocenters. The molecule has 0 aromatic heterocycles. The van der Waals surface area contributed by atoms with Gasteiger partial charge in [-0.25, -0.2) is 4.79 Å². The molecule has 6 aliphatic rings. The van der Waals surface area contributed by atoms with E-state index >= 15 is 0 Å². The van der Waals surface area contributed by atoms with Gasteiger partial charge in [0.15, 0.2) is 0 Å². The summed E-state index contributed by atoms with van der Waals surface area (Å²) in [6, 6.07) is 0. The Morgan fingerprint density at radius 3 is 2.33 bits per heavy atom. The standard InChI is InChI=1S/C33H47N3O9/c1-20(37)44-23-17-32(2)22(5-6-24(32)38)26-28(23)33(3)25(19-42-4)45-31(41)21(27(33)30(40)29(26)39)18-36-11-9-34(10-12-36)7-8-35-13-15-43-16-14-35/h18,22-25,27,38H,5-17,19H2,1-4H3. The van der Waals surface area contributed by atoms with Gasteiger partial charge in [0.2, 0.25) is 11.6 Å². The van der Waals surface area contributed by atoms with Gasteiger partial charge >= 0.3 is 11.9 Å². The molecule has 0 radical (unpaired) electrons. The van der Waals surface area contributed by atoms with Crippen LogP contribution in [0, 0.1) is 22.7 Å². The third kappa shape index (κ3) is 5.56. The highest BCUT2D eigenvalue weighted by molar-refractivity contribution is 6.47. The first kappa shape index (κ1) is 32.3. The van der Waals surface area contributed by atoms with Crippen molar-refractivity contribution in [2.75, 3.05) is 79.3 Å². The van der Waals surface area contributed by atoms with Crippen LogP contribution >= 0.6 is 0 Å². The van der Waals surface area contributed by atoms with Crippen LogP contribution < -0.4 is 0 Å². The average molecular weight is 630 g/mol. The fourth-order valence-electron chi connectivity index (χ4n) is 8.91. The van der Waals surface area contributed by atoms with Crippen LogP contribution in [0.3, 0.4) is 0 Å². The molecule has 6 rings (SSSR count). The van der Waals surface area contributed by atoms with Crippen LogP contribution in [0.2, 0.25) is 0 Å². The number of hydrogen-bond donors (Lipinski definition) is 1. The van der Waals surface area contributed by atoms with Gasteiger partial charge in [0.1, 0.15) is 12.2 Å². The number of ether oxygens (including phenoxy) is 4. The molecule has 3 saturated heterocycles. The van der Waals surface area contributed by atoms with E-state index in [1.807, 2.05) is 18.7 Å². The molecule has 248 valence electrons. The Morgan fingerprint density at radius 2 is 1.69 bits per heavy atom. The van der Waals surface area contributed by atoms with Crippen molar-refractivity contribution in [2.45, 2.75) is 58.3 Å². The van der Waals surface area contributed by atoms with E-state index in [1.165, 1.54) is 14.0 Å². The maximum atomic E-state index is 14.3. The molecule has 0 amide bonds. The summed E-state index contributed by atoms with van der Waals surface area (Å²) in [6.07, 6.45) is 0.596. The van der Waals surface area contributed by atoms with Crippen molar-refractivity contribution >= 4 is 23.5 Å². The van der Waals surface area contributed by atoms with Crippen molar-refractivity contribution in [1.29, 1.82) is 0 Å². The van der Waals surface area contributed by atoms with E-state index in [0.717, 1.165) is 52.5 Å². The highest BCUT2D eigenvalue weighted by Gasteiger charge is 2.67. The highest BCUT2D eigenvalue weighted by atomic mass is 16.6. The van der Waals surface area contributed by atoms with Gasteiger partial charge in [0.25, 0.3) is 0 Å². The molecular weight excluding hydrogens is 582 g/mol. The van der Waals surface area contributed by atoms with E-state index in [2.05, 4.69) is 9.80 Å². The van der Waals surface area contributed by atoms with E-state index in [1.54, 1.807) is 6.20 Å². The molecule has 12 nitrogen and oxygen atoms in total. The minimum Gasteiger partial charge on any atom is -0.458 e. The fourth-order valence-corrected chi connectivity index (χ4v) is 8.91. The fraction of sp³-hybridized carbons (Fsp3) is 0.758. The van der Waals surface area contributed by atoms with Crippen molar-refractivity contribution in [3.05, 3.63) is 22.9 Å². The summed E-state index contributed by atoms with van der Waals surface area (Å²) in [6.45, 7) is 13.4. The Balaban J connectivity index is 1.33. The molecule has 4 fully saturated rings. The highest BCUT2D eigenvalue weighted by Crippen LogP contribution is 2.63. The van der Waals surface area contributed by atoms with E-state index in [4.69, 9.17) is 18.9 Å². The third-order valence-electron chi connectivity index (χ3n) is 11.4. The predicted molar refractivity (Wildman–Crippen MR) is 161 cm³/mol. The lowest BCUT2D eigenvalue weighted by molar-refractivity contribution is -0.175. The lowest BCUT2D eigenvalue weighted by Gasteiger charge is -2.56. The zero-order valence-corrected chi connectivity index (χ0v) is 26.9. The Morgan fingerprint density at radius 1 is 1.02 bits per heavy atom. The summed E-state index contributed by atoms with van der Waals surface area (Å²) < 4.78 is 22.9. The van der Waals surface area contributed by atoms with Crippen molar-refractivity contribution < 1.29 is 43.2 Å². The number of piperazine rings is 1. The molecule has 0 bridgehead atoms. The van der Waals surface area contributed by atoms with E-state index in [0.29, 0.717) is 43.5 Å². The molecular formula is C33H47N3O9. The van der Waals surface area contributed by atoms with Crippen molar-refractivity contribution in [1.82, 2.24) is 14.7 Å². The number of allylic oxidation sites excluding steroid dienone is 1. The number of esters is 2. The molecule has 12 heteroatoms. The molecule has 45 heavy (non-hydrogen) atoms. The molecule has 3 aliphatic carbocycles. The molecule has 7 atom stereocenters. The Labute approximate surface area is 264 Å². The molecule has 0 aromatic carbocycles. The number of nitrogens with zero attached hydrogens (tertiary/aromatic N) is 3. The second kappa shape index (κ2) is 12.5. The number of Topliss-reactive ketones (excluding diaryl/α,β-unsaturated/α-hetero) is 2. The van der Waals surface area contributed by atoms with E-state index < -0.39 is 58.6 Å². The number of hydrogen-bond acceptors (Lipinski definition) is 12. The summed E-state index contributed by atoms with van der Waals surface area (Å²) >= 11 is 0. The van der Waals surface area contributed by atoms with Gasteiger partial charge in [-0.3, -0.25) is 24.2 Å². The second-order valence-electron chi connectivity index (χ2n) is 14.0. The minimum atomic E-state index is -1.19. The van der Waals surface area contributed by atoms with Gasteiger partial charge in [-0.1, -0.05) is 13.8 Å². The number of methoxy groups -OCH3 is 1. The Hall–Kier alpha value is -2.64. The number of aliphatic hydroxyl groups excluding tert-OH is 1. The Bertz CT molecular complexity index is 1280.